The molecule has 1 aliphatic heterocycles. The second kappa shape index (κ2) is 7.36. The van der Waals surface area contributed by atoms with Crippen LogP contribution < -0.4 is 10.6 Å². The van der Waals surface area contributed by atoms with Gasteiger partial charge in [0, 0.05) is 45.1 Å². The predicted octanol–water partition coefficient (Wildman–Crippen LogP) is 0.359. The van der Waals surface area contributed by atoms with Crippen molar-refractivity contribution in [2.24, 2.45) is 5.92 Å². The predicted molar refractivity (Wildman–Crippen MR) is 71.1 cm³/mol. The highest BCUT2D eigenvalue weighted by atomic mass is 16.2. The lowest BCUT2D eigenvalue weighted by molar-refractivity contribution is -0.133. The molecule has 1 heterocycles. The first-order chi connectivity index (χ1) is 8.50. The molecule has 5 heteroatoms. The molecule has 0 bridgehead atoms. The van der Waals surface area contributed by atoms with Crippen molar-refractivity contribution in [3.63, 3.8) is 0 Å². The van der Waals surface area contributed by atoms with E-state index in [0.29, 0.717) is 25.3 Å². The molecule has 18 heavy (non-hydrogen) atoms. The van der Waals surface area contributed by atoms with Crippen molar-refractivity contribution < 1.29 is 9.59 Å². The molecule has 1 fully saturated rings. The third-order valence-electron chi connectivity index (χ3n) is 3.08. The van der Waals surface area contributed by atoms with Crippen LogP contribution in [-0.4, -0.2) is 48.9 Å². The van der Waals surface area contributed by atoms with Crippen LogP contribution >= 0.6 is 0 Å². The van der Waals surface area contributed by atoms with E-state index in [9.17, 15) is 9.59 Å². The number of hydrogen-bond acceptors (Lipinski definition) is 3. The fourth-order valence-electron chi connectivity index (χ4n) is 2.11. The number of carbonyl (C=O) groups is 2. The normalized spacial score (nSPS) is 20.0. The minimum atomic E-state index is 0.0335. The number of amides is 2. The lowest BCUT2D eigenvalue weighted by atomic mass is 10.1. The maximum atomic E-state index is 12.0. The highest BCUT2D eigenvalue weighted by molar-refractivity contribution is 5.79. The molecule has 0 radical (unpaired) electrons. The van der Waals surface area contributed by atoms with Crippen molar-refractivity contribution in [3.05, 3.63) is 0 Å². The summed E-state index contributed by atoms with van der Waals surface area (Å²) in [5.74, 6) is 0.522. The van der Waals surface area contributed by atoms with E-state index in [0.717, 1.165) is 19.6 Å². The number of rotatable bonds is 5. The summed E-state index contributed by atoms with van der Waals surface area (Å²) in [5.41, 5.74) is 0. The standard InChI is InChI=1S/C13H25N3O2/c1-10(2)8-12(17)15-5-4-13(18)16-7-6-14-9-11(16)3/h10-11,14H,4-9H2,1-3H3,(H,15,17)/t11-/m1/s1. The molecule has 1 atom stereocenters. The smallest absolute Gasteiger partial charge is 0.224 e. The summed E-state index contributed by atoms with van der Waals surface area (Å²) < 4.78 is 0. The van der Waals surface area contributed by atoms with E-state index >= 15 is 0 Å². The molecule has 0 aromatic rings. The van der Waals surface area contributed by atoms with Crippen molar-refractivity contribution in [2.45, 2.75) is 39.7 Å². The molecule has 1 rings (SSSR count). The lowest BCUT2D eigenvalue weighted by Gasteiger charge is -2.34. The fraction of sp³-hybridized carbons (Fsp3) is 0.846. The Morgan fingerprint density at radius 1 is 1.44 bits per heavy atom. The zero-order valence-electron chi connectivity index (χ0n) is 11.7. The van der Waals surface area contributed by atoms with Crippen molar-refractivity contribution in [3.8, 4) is 0 Å². The van der Waals surface area contributed by atoms with E-state index in [1.807, 2.05) is 25.7 Å². The molecule has 0 aromatic carbocycles. The first-order valence-corrected chi connectivity index (χ1v) is 6.77. The molecule has 5 nitrogen and oxygen atoms in total. The Labute approximate surface area is 109 Å². The molecule has 0 aliphatic carbocycles. The van der Waals surface area contributed by atoms with Crippen molar-refractivity contribution >= 4 is 11.8 Å². The molecule has 1 aliphatic rings. The van der Waals surface area contributed by atoms with Crippen molar-refractivity contribution in [2.75, 3.05) is 26.2 Å². The molecule has 0 unspecified atom stereocenters. The molecule has 0 aromatic heterocycles. The highest BCUT2D eigenvalue weighted by Crippen LogP contribution is 2.04. The van der Waals surface area contributed by atoms with Gasteiger partial charge in [-0.25, -0.2) is 0 Å². The topological polar surface area (TPSA) is 61.4 Å². The summed E-state index contributed by atoms with van der Waals surface area (Å²) in [7, 11) is 0. The van der Waals surface area contributed by atoms with Gasteiger partial charge in [-0.05, 0) is 12.8 Å². The summed E-state index contributed by atoms with van der Waals surface area (Å²) in [6.07, 6.45) is 0.923. The van der Waals surface area contributed by atoms with E-state index in [1.165, 1.54) is 0 Å². The average Bonchev–Trinajstić information content (AvgIpc) is 2.28. The Morgan fingerprint density at radius 3 is 2.78 bits per heavy atom. The van der Waals surface area contributed by atoms with E-state index in [2.05, 4.69) is 10.6 Å². The Kier molecular flexibility index (Phi) is 6.12. The second-order valence-corrected chi connectivity index (χ2v) is 5.34. The third-order valence-corrected chi connectivity index (χ3v) is 3.08. The number of nitrogens with zero attached hydrogens (tertiary/aromatic N) is 1. The van der Waals surface area contributed by atoms with E-state index < -0.39 is 0 Å². The number of piperazine rings is 1. The van der Waals surface area contributed by atoms with Crippen LogP contribution in [0.25, 0.3) is 0 Å². The van der Waals surface area contributed by atoms with Crippen LogP contribution in [-0.2, 0) is 9.59 Å². The van der Waals surface area contributed by atoms with Gasteiger partial charge in [-0.15, -0.1) is 0 Å². The Morgan fingerprint density at radius 2 is 2.17 bits per heavy atom. The van der Waals surface area contributed by atoms with E-state index in [4.69, 9.17) is 0 Å². The highest BCUT2D eigenvalue weighted by Gasteiger charge is 2.22. The second-order valence-electron chi connectivity index (χ2n) is 5.34. The molecular formula is C13H25N3O2. The molecule has 104 valence electrons. The van der Waals surface area contributed by atoms with Gasteiger partial charge in [-0.2, -0.15) is 0 Å². The maximum Gasteiger partial charge on any atom is 0.224 e. The fourth-order valence-corrected chi connectivity index (χ4v) is 2.11. The van der Waals surface area contributed by atoms with Crippen LogP contribution in [0.1, 0.15) is 33.6 Å². The summed E-state index contributed by atoms with van der Waals surface area (Å²) in [6.45, 7) is 8.98. The third kappa shape index (κ3) is 5.04. The van der Waals surface area contributed by atoms with Crippen molar-refractivity contribution in [1.82, 2.24) is 15.5 Å². The van der Waals surface area contributed by atoms with Gasteiger partial charge >= 0.3 is 0 Å². The van der Waals surface area contributed by atoms with Crippen LogP contribution in [0.3, 0.4) is 0 Å². The summed E-state index contributed by atoms with van der Waals surface area (Å²) in [5, 5.41) is 6.05. The van der Waals surface area contributed by atoms with Gasteiger partial charge < -0.3 is 15.5 Å². The molecule has 1 saturated heterocycles. The van der Waals surface area contributed by atoms with Crippen LogP contribution in [0.4, 0.5) is 0 Å². The van der Waals surface area contributed by atoms with Crippen LogP contribution in [0.2, 0.25) is 0 Å². The summed E-state index contributed by atoms with van der Waals surface area (Å²) >= 11 is 0. The van der Waals surface area contributed by atoms with Crippen LogP contribution in [0.15, 0.2) is 0 Å². The van der Waals surface area contributed by atoms with E-state index in [-0.39, 0.29) is 17.9 Å². The van der Waals surface area contributed by atoms with Gasteiger partial charge in [0.2, 0.25) is 11.8 Å². The first kappa shape index (κ1) is 15.0. The van der Waals surface area contributed by atoms with Gasteiger partial charge in [0.05, 0.1) is 0 Å². The molecule has 2 N–H and O–H groups in total. The Hall–Kier alpha value is -1.10. The minimum absolute atomic E-state index is 0.0335. The number of nitrogens with one attached hydrogen (secondary N) is 2. The van der Waals surface area contributed by atoms with Gasteiger partial charge in [0.15, 0.2) is 0 Å². The van der Waals surface area contributed by atoms with E-state index in [1.54, 1.807) is 0 Å². The zero-order valence-corrected chi connectivity index (χ0v) is 11.7. The van der Waals surface area contributed by atoms with Crippen molar-refractivity contribution in [1.29, 1.82) is 0 Å². The minimum Gasteiger partial charge on any atom is -0.356 e. The Balaban J connectivity index is 2.22. The molecular weight excluding hydrogens is 230 g/mol. The first-order valence-electron chi connectivity index (χ1n) is 6.77. The molecule has 0 spiro atoms. The van der Waals surface area contributed by atoms with Gasteiger partial charge in [-0.3, -0.25) is 9.59 Å². The summed E-state index contributed by atoms with van der Waals surface area (Å²) in [6, 6.07) is 0.248. The van der Waals surface area contributed by atoms with Gasteiger partial charge in [0.1, 0.15) is 0 Å². The number of hydrogen-bond donors (Lipinski definition) is 2. The molecule has 2 amide bonds. The average molecular weight is 255 g/mol. The zero-order chi connectivity index (χ0) is 13.5. The van der Waals surface area contributed by atoms with Gasteiger partial charge in [0.25, 0.3) is 0 Å². The largest absolute Gasteiger partial charge is 0.356 e. The van der Waals surface area contributed by atoms with Gasteiger partial charge in [-0.1, -0.05) is 13.8 Å². The monoisotopic (exact) mass is 255 g/mol. The maximum absolute atomic E-state index is 12.0. The van der Waals surface area contributed by atoms with Crippen LogP contribution in [0.5, 0.6) is 0 Å². The lowest BCUT2D eigenvalue weighted by Crippen LogP contribution is -2.52. The number of carbonyl (C=O) groups excluding carboxylic acids is 2. The van der Waals surface area contributed by atoms with Crippen LogP contribution in [0, 0.1) is 5.92 Å². The molecule has 0 saturated carbocycles. The quantitative estimate of drug-likeness (QED) is 0.745. The Bertz CT molecular complexity index is 292. The SMILES string of the molecule is CC(C)CC(=O)NCCC(=O)N1CCNC[C@H]1C. The summed E-state index contributed by atoms with van der Waals surface area (Å²) in [4.78, 5) is 25.3.